The van der Waals surface area contributed by atoms with Crippen molar-refractivity contribution >= 4 is 11.9 Å². The average molecular weight is 395 g/mol. The van der Waals surface area contributed by atoms with E-state index in [0.29, 0.717) is 19.0 Å². The summed E-state index contributed by atoms with van der Waals surface area (Å²) < 4.78 is 26.7. The molecule has 4 rings (SSSR count). The van der Waals surface area contributed by atoms with Crippen LogP contribution in [-0.2, 0) is 11.2 Å². The van der Waals surface area contributed by atoms with Gasteiger partial charge in [0.2, 0.25) is 11.9 Å². The largest absolute Gasteiger partial charge is 0.351 e. The van der Waals surface area contributed by atoms with E-state index in [1.807, 2.05) is 23.1 Å². The molecule has 148 valence electrons. The first-order valence-corrected chi connectivity index (χ1v) is 9.30. The Morgan fingerprint density at radius 2 is 2.10 bits per heavy atom. The van der Waals surface area contributed by atoms with Crippen LogP contribution in [0.5, 0.6) is 0 Å². The Kier molecular flexibility index (Phi) is 5.41. The molecule has 6 nitrogen and oxygen atoms in total. The molecule has 29 heavy (non-hydrogen) atoms. The van der Waals surface area contributed by atoms with Gasteiger partial charge in [-0.2, -0.15) is 0 Å². The van der Waals surface area contributed by atoms with E-state index < -0.39 is 11.6 Å². The molecule has 1 N–H and O–H groups in total. The number of rotatable bonds is 5. The lowest BCUT2D eigenvalue weighted by Gasteiger charge is -2.17. The minimum Gasteiger partial charge on any atom is -0.351 e. The van der Waals surface area contributed by atoms with Crippen LogP contribution in [0.1, 0.15) is 12.0 Å². The van der Waals surface area contributed by atoms with Gasteiger partial charge in [0, 0.05) is 49.4 Å². The average Bonchev–Trinajstić information content (AvgIpc) is 3.19. The van der Waals surface area contributed by atoms with Gasteiger partial charge in [0.15, 0.2) is 0 Å². The summed E-state index contributed by atoms with van der Waals surface area (Å²) in [7, 11) is 0. The van der Waals surface area contributed by atoms with Crippen LogP contribution < -0.4 is 10.2 Å². The molecule has 1 aromatic carbocycles. The summed E-state index contributed by atoms with van der Waals surface area (Å²) in [4.78, 5) is 27.3. The van der Waals surface area contributed by atoms with E-state index in [9.17, 15) is 13.6 Å². The van der Waals surface area contributed by atoms with Crippen LogP contribution in [0.4, 0.5) is 14.7 Å². The third kappa shape index (κ3) is 4.53. The van der Waals surface area contributed by atoms with E-state index in [1.165, 1.54) is 6.07 Å². The predicted octanol–water partition coefficient (Wildman–Crippen LogP) is 2.75. The molecule has 1 atom stereocenters. The molecule has 1 fully saturated rings. The molecule has 1 saturated heterocycles. The van der Waals surface area contributed by atoms with Crippen molar-refractivity contribution in [2.24, 2.45) is 0 Å². The second-order valence-corrected chi connectivity index (χ2v) is 6.90. The lowest BCUT2D eigenvalue weighted by atomic mass is 10.1. The van der Waals surface area contributed by atoms with Crippen LogP contribution in [0.15, 0.2) is 55.0 Å². The molecule has 8 heteroatoms. The zero-order valence-corrected chi connectivity index (χ0v) is 15.6. The maximum Gasteiger partial charge on any atom is 0.225 e. The Morgan fingerprint density at radius 3 is 2.90 bits per heavy atom. The minimum absolute atomic E-state index is 0.0864. The third-order valence-corrected chi connectivity index (χ3v) is 4.80. The normalized spacial score (nSPS) is 16.1. The molecule has 0 saturated carbocycles. The summed E-state index contributed by atoms with van der Waals surface area (Å²) in [5.41, 5.74) is 1.86. The molecule has 3 aromatic rings. The molecule has 1 aliphatic rings. The highest BCUT2D eigenvalue weighted by Crippen LogP contribution is 2.21. The number of aromatic nitrogens is 3. The summed E-state index contributed by atoms with van der Waals surface area (Å²) in [6.45, 7) is 1.26. The van der Waals surface area contributed by atoms with Crippen molar-refractivity contribution in [1.82, 2.24) is 20.3 Å². The van der Waals surface area contributed by atoms with Crippen LogP contribution >= 0.6 is 0 Å². The zero-order chi connectivity index (χ0) is 20.2. The van der Waals surface area contributed by atoms with Gasteiger partial charge in [-0.1, -0.05) is 6.07 Å². The van der Waals surface area contributed by atoms with E-state index in [0.717, 1.165) is 29.8 Å². The Morgan fingerprint density at radius 1 is 1.21 bits per heavy atom. The van der Waals surface area contributed by atoms with Gasteiger partial charge in [0.05, 0.1) is 12.1 Å². The Bertz CT molecular complexity index is 1010. The van der Waals surface area contributed by atoms with Crippen molar-refractivity contribution in [2.75, 3.05) is 18.0 Å². The van der Waals surface area contributed by atoms with Crippen molar-refractivity contribution in [1.29, 1.82) is 0 Å². The topological polar surface area (TPSA) is 71.0 Å². The number of nitrogens with one attached hydrogen (secondary N) is 1. The van der Waals surface area contributed by atoms with Crippen molar-refractivity contribution < 1.29 is 13.6 Å². The maximum absolute atomic E-state index is 13.7. The van der Waals surface area contributed by atoms with Gasteiger partial charge in [-0.15, -0.1) is 0 Å². The summed E-state index contributed by atoms with van der Waals surface area (Å²) in [6, 6.07) is 8.75. The standard InChI is InChI=1S/C21H19F2N5O/c22-16-4-3-14(18(23)11-16)10-20(29)26-17-6-9-28(13-17)21-25-8-5-19(27-21)15-2-1-7-24-12-15/h1-5,7-8,11-12,17H,6,9-10,13H2,(H,26,29). The second-order valence-electron chi connectivity index (χ2n) is 6.90. The Balaban J connectivity index is 1.37. The van der Waals surface area contributed by atoms with Gasteiger partial charge in [-0.05, 0) is 36.2 Å². The van der Waals surface area contributed by atoms with Crippen LogP contribution in [0, 0.1) is 11.6 Å². The molecule has 2 aromatic heterocycles. The number of halogens is 2. The zero-order valence-electron chi connectivity index (χ0n) is 15.6. The fraction of sp³-hybridized carbons (Fsp3) is 0.238. The van der Waals surface area contributed by atoms with E-state index >= 15 is 0 Å². The van der Waals surface area contributed by atoms with Gasteiger partial charge in [-0.3, -0.25) is 9.78 Å². The SMILES string of the molecule is O=C(Cc1ccc(F)cc1F)NC1CCN(c2nccc(-c3cccnc3)n2)C1. The number of hydrogen-bond donors (Lipinski definition) is 1. The highest BCUT2D eigenvalue weighted by Gasteiger charge is 2.26. The number of benzene rings is 1. The number of pyridine rings is 1. The molecule has 0 bridgehead atoms. The van der Waals surface area contributed by atoms with Gasteiger partial charge >= 0.3 is 0 Å². The highest BCUT2D eigenvalue weighted by molar-refractivity contribution is 5.79. The molecule has 3 heterocycles. The molecular weight excluding hydrogens is 376 g/mol. The molecule has 0 spiro atoms. The number of nitrogens with zero attached hydrogens (tertiary/aromatic N) is 4. The molecule has 0 aliphatic carbocycles. The number of carbonyl (C=O) groups excluding carboxylic acids is 1. The van der Waals surface area contributed by atoms with Crippen molar-refractivity contribution in [3.63, 3.8) is 0 Å². The fourth-order valence-corrected chi connectivity index (χ4v) is 3.35. The summed E-state index contributed by atoms with van der Waals surface area (Å²) >= 11 is 0. The highest BCUT2D eigenvalue weighted by atomic mass is 19.1. The van der Waals surface area contributed by atoms with E-state index in [1.54, 1.807) is 18.6 Å². The van der Waals surface area contributed by atoms with Crippen molar-refractivity contribution in [3.05, 3.63) is 72.2 Å². The molecule has 1 unspecified atom stereocenters. The smallest absolute Gasteiger partial charge is 0.225 e. The first kappa shape index (κ1) is 18.9. The number of carbonyl (C=O) groups is 1. The summed E-state index contributed by atoms with van der Waals surface area (Å²) in [5.74, 6) is -1.08. The van der Waals surface area contributed by atoms with Gasteiger partial charge in [0.25, 0.3) is 0 Å². The third-order valence-electron chi connectivity index (χ3n) is 4.80. The van der Waals surface area contributed by atoms with Gasteiger partial charge in [0.1, 0.15) is 11.6 Å². The first-order valence-electron chi connectivity index (χ1n) is 9.30. The van der Waals surface area contributed by atoms with Crippen LogP contribution in [0.25, 0.3) is 11.3 Å². The predicted molar refractivity (Wildman–Crippen MR) is 104 cm³/mol. The van der Waals surface area contributed by atoms with Crippen LogP contribution in [-0.4, -0.2) is 40.0 Å². The molecule has 1 amide bonds. The summed E-state index contributed by atoms with van der Waals surface area (Å²) in [6.07, 6.45) is 5.76. The molecule has 0 radical (unpaired) electrons. The van der Waals surface area contributed by atoms with E-state index in [-0.39, 0.29) is 23.9 Å². The lowest BCUT2D eigenvalue weighted by molar-refractivity contribution is -0.121. The van der Waals surface area contributed by atoms with E-state index in [2.05, 4.69) is 20.3 Å². The molecular formula is C21H19F2N5O. The first-order chi connectivity index (χ1) is 14.1. The number of anilines is 1. The van der Waals surface area contributed by atoms with Crippen LogP contribution in [0.2, 0.25) is 0 Å². The summed E-state index contributed by atoms with van der Waals surface area (Å²) in [5, 5.41) is 2.91. The number of hydrogen-bond acceptors (Lipinski definition) is 5. The minimum atomic E-state index is -0.714. The van der Waals surface area contributed by atoms with Crippen molar-refractivity contribution in [2.45, 2.75) is 18.9 Å². The Labute approximate surface area is 166 Å². The quantitative estimate of drug-likeness (QED) is 0.719. The van der Waals surface area contributed by atoms with Crippen molar-refractivity contribution in [3.8, 4) is 11.3 Å². The second kappa shape index (κ2) is 8.30. The monoisotopic (exact) mass is 395 g/mol. The molecule has 1 aliphatic heterocycles. The van der Waals surface area contributed by atoms with Gasteiger partial charge < -0.3 is 10.2 Å². The Hall–Kier alpha value is -3.42. The van der Waals surface area contributed by atoms with Gasteiger partial charge in [-0.25, -0.2) is 18.7 Å². The fourth-order valence-electron chi connectivity index (χ4n) is 3.35. The lowest BCUT2D eigenvalue weighted by Crippen LogP contribution is -2.38. The number of amides is 1. The van der Waals surface area contributed by atoms with E-state index in [4.69, 9.17) is 0 Å². The maximum atomic E-state index is 13.7. The van der Waals surface area contributed by atoms with Crippen LogP contribution in [0.3, 0.4) is 0 Å².